The average Bonchev–Trinajstić information content (AvgIpc) is 2.22. The lowest BCUT2D eigenvalue weighted by atomic mass is 10.4. The number of aromatic nitrogens is 3. The molecule has 0 amide bonds. The van der Waals surface area contributed by atoms with Gasteiger partial charge in [0.25, 0.3) is 0 Å². The molecule has 1 N–H and O–H groups in total. The first-order valence-electron chi connectivity index (χ1n) is 5.11. The zero-order valence-electron chi connectivity index (χ0n) is 9.04. The number of hydrogen-bond acceptors (Lipinski definition) is 5. The first-order valence-corrected chi connectivity index (χ1v) is 5.86. The van der Waals surface area contributed by atoms with Crippen LogP contribution >= 0.6 is 23.2 Å². The minimum absolute atomic E-state index is 0.0877. The van der Waals surface area contributed by atoms with Crippen molar-refractivity contribution in [2.45, 2.75) is 19.8 Å². The van der Waals surface area contributed by atoms with Crippen LogP contribution in [0, 0.1) is 0 Å². The fourth-order valence-corrected chi connectivity index (χ4v) is 1.39. The molecule has 0 aliphatic heterocycles. The van der Waals surface area contributed by atoms with E-state index in [2.05, 4.69) is 27.2 Å². The Morgan fingerprint density at radius 3 is 2.44 bits per heavy atom. The predicted molar refractivity (Wildman–Crippen MR) is 64.1 cm³/mol. The summed E-state index contributed by atoms with van der Waals surface area (Å²) in [6, 6.07) is 0. The number of halogens is 2. The van der Waals surface area contributed by atoms with E-state index in [-0.39, 0.29) is 10.6 Å². The molecule has 16 heavy (non-hydrogen) atoms. The molecular weight excluding hydrogens is 251 g/mol. The fraction of sp³-hybridized carbons (Fsp3) is 0.667. The molecule has 90 valence electrons. The highest BCUT2D eigenvalue weighted by molar-refractivity contribution is 6.31. The molecular formula is C9H14Cl2N4O. The topological polar surface area (TPSA) is 59.9 Å². The molecule has 5 nitrogen and oxygen atoms in total. The number of rotatable bonds is 7. The molecule has 0 saturated heterocycles. The third-order valence-electron chi connectivity index (χ3n) is 1.68. The van der Waals surface area contributed by atoms with E-state index < -0.39 is 0 Å². The fourth-order valence-electron chi connectivity index (χ4n) is 1.03. The van der Waals surface area contributed by atoms with Crippen molar-refractivity contribution in [1.29, 1.82) is 0 Å². The van der Waals surface area contributed by atoms with Crippen LogP contribution in [0.5, 0.6) is 0 Å². The Bertz CT molecular complexity index is 304. The van der Waals surface area contributed by atoms with Gasteiger partial charge in [0.15, 0.2) is 0 Å². The van der Waals surface area contributed by atoms with Crippen LogP contribution in [0.3, 0.4) is 0 Å². The van der Waals surface area contributed by atoms with Gasteiger partial charge in [0.05, 0.1) is 0 Å². The SMILES string of the molecule is CCCOCCCNc1nc(Cl)nc(Cl)n1. The molecule has 0 spiro atoms. The summed E-state index contributed by atoms with van der Waals surface area (Å²) in [6.07, 6.45) is 1.91. The summed E-state index contributed by atoms with van der Waals surface area (Å²) in [5.41, 5.74) is 0. The summed E-state index contributed by atoms with van der Waals surface area (Å²) in [5, 5.41) is 3.17. The summed E-state index contributed by atoms with van der Waals surface area (Å²) in [4.78, 5) is 11.4. The van der Waals surface area contributed by atoms with Crippen molar-refractivity contribution in [1.82, 2.24) is 15.0 Å². The maximum atomic E-state index is 5.62. The molecule has 0 aromatic carbocycles. The van der Waals surface area contributed by atoms with Crippen LogP contribution in [-0.4, -0.2) is 34.7 Å². The van der Waals surface area contributed by atoms with E-state index in [1.165, 1.54) is 0 Å². The Kier molecular flexibility index (Phi) is 6.37. The van der Waals surface area contributed by atoms with Gasteiger partial charge >= 0.3 is 0 Å². The molecule has 0 unspecified atom stereocenters. The highest BCUT2D eigenvalue weighted by Gasteiger charge is 2.01. The zero-order valence-corrected chi connectivity index (χ0v) is 10.6. The molecule has 7 heteroatoms. The van der Waals surface area contributed by atoms with Crippen LogP contribution in [0.4, 0.5) is 5.95 Å². The van der Waals surface area contributed by atoms with Crippen molar-refractivity contribution in [2.75, 3.05) is 25.1 Å². The minimum atomic E-state index is 0.0877. The van der Waals surface area contributed by atoms with Gasteiger partial charge in [-0.3, -0.25) is 0 Å². The zero-order chi connectivity index (χ0) is 11.8. The van der Waals surface area contributed by atoms with Crippen molar-refractivity contribution in [3.8, 4) is 0 Å². The van der Waals surface area contributed by atoms with Gasteiger partial charge in [-0.05, 0) is 36.0 Å². The maximum absolute atomic E-state index is 5.62. The Labute approximate surface area is 105 Å². The number of ether oxygens (including phenoxy) is 1. The van der Waals surface area contributed by atoms with Gasteiger partial charge in [-0.25, -0.2) is 0 Å². The highest BCUT2D eigenvalue weighted by atomic mass is 35.5. The lowest BCUT2D eigenvalue weighted by Crippen LogP contribution is -2.09. The standard InChI is InChI=1S/C9H14Cl2N4O/c1-2-5-16-6-3-4-12-9-14-7(10)13-8(11)15-9/h2-6H2,1H3,(H,12,13,14,15). The van der Waals surface area contributed by atoms with Gasteiger partial charge < -0.3 is 10.1 Å². The van der Waals surface area contributed by atoms with Crippen molar-refractivity contribution in [3.63, 3.8) is 0 Å². The second-order valence-corrected chi connectivity index (χ2v) is 3.77. The molecule has 1 rings (SSSR count). The molecule has 0 radical (unpaired) electrons. The molecule has 0 aliphatic rings. The third-order valence-corrected chi connectivity index (χ3v) is 2.02. The molecule has 1 heterocycles. The summed E-state index contributed by atoms with van der Waals surface area (Å²) in [5.74, 6) is 0.389. The second-order valence-electron chi connectivity index (χ2n) is 3.09. The van der Waals surface area contributed by atoms with Crippen LogP contribution in [0.1, 0.15) is 19.8 Å². The van der Waals surface area contributed by atoms with Crippen LogP contribution in [0.25, 0.3) is 0 Å². The largest absolute Gasteiger partial charge is 0.381 e. The number of hydrogen-bond donors (Lipinski definition) is 1. The smallest absolute Gasteiger partial charge is 0.228 e. The Hall–Kier alpha value is -0.650. The molecule has 1 aromatic heterocycles. The lowest BCUT2D eigenvalue weighted by Gasteiger charge is -2.05. The van der Waals surface area contributed by atoms with Gasteiger partial charge in [-0.1, -0.05) is 6.92 Å². The monoisotopic (exact) mass is 264 g/mol. The van der Waals surface area contributed by atoms with Crippen LogP contribution in [-0.2, 0) is 4.74 Å². The summed E-state index contributed by atoms with van der Waals surface area (Å²) < 4.78 is 5.32. The van der Waals surface area contributed by atoms with E-state index in [1.807, 2.05) is 0 Å². The molecule has 0 bridgehead atoms. The third kappa shape index (κ3) is 5.44. The Morgan fingerprint density at radius 1 is 1.12 bits per heavy atom. The first-order chi connectivity index (χ1) is 7.72. The second kappa shape index (κ2) is 7.60. The van der Waals surface area contributed by atoms with Crippen LogP contribution in [0.2, 0.25) is 10.6 Å². The molecule has 0 atom stereocenters. The number of nitrogens with zero attached hydrogens (tertiary/aromatic N) is 3. The van der Waals surface area contributed by atoms with E-state index in [0.29, 0.717) is 19.1 Å². The molecule has 1 aromatic rings. The van der Waals surface area contributed by atoms with Crippen molar-refractivity contribution in [3.05, 3.63) is 10.6 Å². The van der Waals surface area contributed by atoms with Crippen molar-refractivity contribution < 1.29 is 4.74 Å². The predicted octanol–water partition coefficient (Wildman–Crippen LogP) is 2.41. The van der Waals surface area contributed by atoms with Gasteiger partial charge in [0.2, 0.25) is 16.5 Å². The van der Waals surface area contributed by atoms with Gasteiger partial charge in [-0.15, -0.1) is 0 Å². The number of nitrogens with one attached hydrogen (secondary N) is 1. The summed E-state index contributed by atoms with van der Waals surface area (Å²) >= 11 is 11.2. The first kappa shape index (κ1) is 13.4. The minimum Gasteiger partial charge on any atom is -0.381 e. The van der Waals surface area contributed by atoms with Gasteiger partial charge in [-0.2, -0.15) is 15.0 Å². The summed E-state index contributed by atoms with van der Waals surface area (Å²) in [6.45, 7) is 4.30. The molecule has 0 fully saturated rings. The van der Waals surface area contributed by atoms with Crippen molar-refractivity contribution >= 4 is 29.2 Å². The van der Waals surface area contributed by atoms with Gasteiger partial charge in [0.1, 0.15) is 0 Å². The van der Waals surface area contributed by atoms with E-state index in [1.54, 1.807) is 0 Å². The van der Waals surface area contributed by atoms with E-state index >= 15 is 0 Å². The quantitative estimate of drug-likeness (QED) is 0.767. The van der Waals surface area contributed by atoms with Crippen LogP contribution in [0.15, 0.2) is 0 Å². The molecule has 0 aliphatic carbocycles. The van der Waals surface area contributed by atoms with Gasteiger partial charge in [0, 0.05) is 19.8 Å². The average molecular weight is 265 g/mol. The summed E-state index contributed by atoms with van der Waals surface area (Å²) in [7, 11) is 0. The van der Waals surface area contributed by atoms with E-state index in [9.17, 15) is 0 Å². The van der Waals surface area contributed by atoms with E-state index in [4.69, 9.17) is 27.9 Å². The Morgan fingerprint density at radius 2 is 1.81 bits per heavy atom. The highest BCUT2D eigenvalue weighted by Crippen LogP contribution is 2.09. The molecule has 0 saturated carbocycles. The lowest BCUT2D eigenvalue weighted by molar-refractivity contribution is 0.134. The Balaban J connectivity index is 2.21. The normalized spacial score (nSPS) is 10.4. The van der Waals surface area contributed by atoms with Crippen LogP contribution < -0.4 is 5.32 Å². The van der Waals surface area contributed by atoms with E-state index in [0.717, 1.165) is 19.4 Å². The number of anilines is 1. The van der Waals surface area contributed by atoms with Crippen molar-refractivity contribution in [2.24, 2.45) is 0 Å². The maximum Gasteiger partial charge on any atom is 0.228 e.